The molecule has 0 amide bonds. The highest BCUT2D eigenvalue weighted by atomic mass is 79.9. The van der Waals surface area contributed by atoms with Gasteiger partial charge in [-0.1, -0.05) is 12.1 Å². The van der Waals surface area contributed by atoms with Gasteiger partial charge in [-0.05, 0) is 51.8 Å². The molecule has 0 aromatic heterocycles. The summed E-state index contributed by atoms with van der Waals surface area (Å²) < 4.78 is 39.9. The second kappa shape index (κ2) is 5.90. The molecule has 2 rings (SSSR count). The molecule has 0 saturated carbocycles. The maximum absolute atomic E-state index is 12.8. The van der Waals surface area contributed by atoms with E-state index in [4.69, 9.17) is 5.73 Å². The molecule has 2 aromatic rings. The third-order valence-corrected chi connectivity index (χ3v) is 4.75. The zero-order chi connectivity index (χ0) is 14.8. The molecule has 3 N–H and O–H groups in total. The molecule has 0 bridgehead atoms. The van der Waals surface area contributed by atoms with E-state index in [1.807, 2.05) is 0 Å². The van der Waals surface area contributed by atoms with Gasteiger partial charge in [-0.15, -0.1) is 0 Å². The fourth-order valence-corrected chi connectivity index (χ4v) is 3.11. The Bertz CT molecular complexity index is 718. The van der Waals surface area contributed by atoms with Crippen molar-refractivity contribution in [3.05, 3.63) is 58.3 Å². The number of hydrogen-bond donors (Lipinski definition) is 2. The quantitative estimate of drug-likeness (QED) is 0.825. The summed E-state index contributed by atoms with van der Waals surface area (Å²) in [4.78, 5) is 0.112. The number of benzene rings is 2. The van der Waals surface area contributed by atoms with Crippen LogP contribution < -0.4 is 10.5 Å². The molecule has 0 heterocycles. The van der Waals surface area contributed by atoms with Crippen LogP contribution in [0.5, 0.6) is 0 Å². The number of rotatable bonds is 4. The molecular formula is C13H12BrFN2O2S. The van der Waals surface area contributed by atoms with Crippen LogP contribution in [0.2, 0.25) is 0 Å². The summed E-state index contributed by atoms with van der Waals surface area (Å²) in [6.07, 6.45) is 0. The lowest BCUT2D eigenvalue weighted by atomic mass is 10.2. The van der Waals surface area contributed by atoms with Crippen molar-refractivity contribution in [1.82, 2.24) is 4.72 Å². The number of anilines is 1. The van der Waals surface area contributed by atoms with E-state index < -0.39 is 10.0 Å². The second-order valence-electron chi connectivity index (χ2n) is 4.13. The topological polar surface area (TPSA) is 72.2 Å². The third-order valence-electron chi connectivity index (χ3n) is 2.66. The van der Waals surface area contributed by atoms with E-state index in [9.17, 15) is 12.8 Å². The van der Waals surface area contributed by atoms with E-state index in [2.05, 4.69) is 20.7 Å². The molecule has 20 heavy (non-hydrogen) atoms. The molecule has 0 saturated heterocycles. The average Bonchev–Trinajstić information content (AvgIpc) is 2.41. The number of nitrogens with one attached hydrogen (secondary N) is 1. The van der Waals surface area contributed by atoms with Gasteiger partial charge < -0.3 is 5.73 Å². The van der Waals surface area contributed by atoms with Crippen LogP contribution in [0.1, 0.15) is 5.56 Å². The van der Waals surface area contributed by atoms with Gasteiger partial charge in [-0.2, -0.15) is 0 Å². The van der Waals surface area contributed by atoms with Crippen LogP contribution in [-0.4, -0.2) is 8.42 Å². The highest BCUT2D eigenvalue weighted by Crippen LogP contribution is 2.23. The minimum absolute atomic E-state index is 0.0879. The van der Waals surface area contributed by atoms with Crippen LogP contribution in [0.3, 0.4) is 0 Å². The minimum Gasteiger partial charge on any atom is -0.398 e. The summed E-state index contributed by atoms with van der Waals surface area (Å²) in [5, 5.41) is 0. The van der Waals surface area contributed by atoms with Crippen molar-refractivity contribution in [1.29, 1.82) is 0 Å². The first-order valence-corrected chi connectivity index (χ1v) is 7.95. The fourth-order valence-electron chi connectivity index (χ4n) is 1.54. The number of nitrogens with two attached hydrogens (primary N) is 1. The molecule has 106 valence electrons. The predicted octanol–water partition coefficient (Wildman–Crippen LogP) is 2.65. The molecule has 0 aliphatic carbocycles. The molecule has 0 radical (unpaired) electrons. The van der Waals surface area contributed by atoms with Crippen LogP contribution in [0.25, 0.3) is 0 Å². The molecule has 0 atom stereocenters. The zero-order valence-electron chi connectivity index (χ0n) is 10.3. The van der Waals surface area contributed by atoms with Crippen molar-refractivity contribution in [2.24, 2.45) is 0 Å². The molecule has 7 heteroatoms. The average molecular weight is 359 g/mol. The molecule has 0 spiro atoms. The van der Waals surface area contributed by atoms with Crippen molar-refractivity contribution >= 4 is 31.6 Å². The normalized spacial score (nSPS) is 11.5. The molecular weight excluding hydrogens is 347 g/mol. The largest absolute Gasteiger partial charge is 0.398 e. The monoisotopic (exact) mass is 358 g/mol. The summed E-state index contributed by atoms with van der Waals surface area (Å²) in [6.45, 7) is 0.0879. The first kappa shape index (κ1) is 15.0. The van der Waals surface area contributed by atoms with Gasteiger partial charge >= 0.3 is 0 Å². The van der Waals surface area contributed by atoms with Gasteiger partial charge in [0.25, 0.3) is 0 Å². The Kier molecular flexibility index (Phi) is 4.42. The molecule has 0 aliphatic heterocycles. The van der Waals surface area contributed by atoms with Crippen LogP contribution in [0.15, 0.2) is 51.8 Å². The Morgan fingerprint density at radius 1 is 1.15 bits per heavy atom. The molecule has 0 unspecified atom stereocenters. The van der Waals surface area contributed by atoms with E-state index in [1.165, 1.54) is 42.5 Å². The summed E-state index contributed by atoms with van der Waals surface area (Å²) in [5.41, 5.74) is 6.75. The first-order chi connectivity index (χ1) is 9.38. The Balaban J connectivity index is 2.14. The van der Waals surface area contributed by atoms with Crippen molar-refractivity contribution in [2.45, 2.75) is 11.4 Å². The summed E-state index contributed by atoms with van der Waals surface area (Å²) in [7, 11) is -3.64. The second-order valence-corrected chi connectivity index (χ2v) is 6.76. The lowest BCUT2D eigenvalue weighted by Crippen LogP contribution is -2.23. The number of hydrogen-bond acceptors (Lipinski definition) is 3. The fraction of sp³-hybridized carbons (Fsp3) is 0.0769. The van der Waals surface area contributed by atoms with Gasteiger partial charge in [0.2, 0.25) is 10.0 Å². The zero-order valence-corrected chi connectivity index (χ0v) is 12.7. The van der Waals surface area contributed by atoms with E-state index in [1.54, 1.807) is 0 Å². The van der Waals surface area contributed by atoms with Crippen molar-refractivity contribution in [3.63, 3.8) is 0 Å². The Morgan fingerprint density at radius 3 is 2.40 bits per heavy atom. The van der Waals surface area contributed by atoms with Crippen molar-refractivity contribution in [3.8, 4) is 0 Å². The maximum atomic E-state index is 12.8. The van der Waals surface area contributed by atoms with Crippen molar-refractivity contribution < 1.29 is 12.8 Å². The molecule has 4 nitrogen and oxygen atoms in total. The summed E-state index contributed by atoms with van der Waals surface area (Å²) >= 11 is 3.18. The number of nitrogen functional groups attached to an aromatic ring is 1. The van der Waals surface area contributed by atoms with Crippen molar-refractivity contribution in [2.75, 3.05) is 5.73 Å². The minimum atomic E-state index is -3.64. The van der Waals surface area contributed by atoms with Gasteiger partial charge in [0.15, 0.2) is 0 Å². The SMILES string of the molecule is Nc1ccc(S(=O)(=O)NCc2ccc(F)cc2)cc1Br. The van der Waals surface area contributed by atoms with Crippen LogP contribution in [0.4, 0.5) is 10.1 Å². The van der Waals surface area contributed by atoms with E-state index in [-0.39, 0.29) is 17.3 Å². The Labute approximate surface area is 125 Å². The number of halogens is 2. The van der Waals surface area contributed by atoms with Gasteiger partial charge in [-0.25, -0.2) is 17.5 Å². The standard InChI is InChI=1S/C13H12BrFN2O2S/c14-12-7-11(5-6-13(12)16)20(18,19)17-8-9-1-3-10(15)4-2-9/h1-7,17H,8,16H2. The summed E-state index contributed by atoms with van der Waals surface area (Å²) in [6, 6.07) is 9.98. The Morgan fingerprint density at radius 2 is 1.80 bits per heavy atom. The highest BCUT2D eigenvalue weighted by molar-refractivity contribution is 9.10. The van der Waals surface area contributed by atoms with Gasteiger partial charge in [-0.3, -0.25) is 0 Å². The van der Waals surface area contributed by atoms with Crippen LogP contribution in [-0.2, 0) is 16.6 Å². The molecule has 0 fully saturated rings. The lowest BCUT2D eigenvalue weighted by molar-refractivity contribution is 0.581. The third kappa shape index (κ3) is 3.56. The van der Waals surface area contributed by atoms with Crippen LogP contribution >= 0.6 is 15.9 Å². The predicted molar refractivity (Wildman–Crippen MR) is 79.0 cm³/mol. The van der Waals surface area contributed by atoms with Gasteiger partial charge in [0.1, 0.15) is 5.82 Å². The molecule has 0 aliphatic rings. The lowest BCUT2D eigenvalue weighted by Gasteiger charge is -2.08. The van der Waals surface area contributed by atoms with E-state index in [0.717, 1.165) is 0 Å². The Hall–Kier alpha value is -1.44. The highest BCUT2D eigenvalue weighted by Gasteiger charge is 2.14. The maximum Gasteiger partial charge on any atom is 0.240 e. The van der Waals surface area contributed by atoms with Gasteiger partial charge in [0, 0.05) is 16.7 Å². The smallest absolute Gasteiger partial charge is 0.240 e. The summed E-state index contributed by atoms with van der Waals surface area (Å²) in [5.74, 6) is -0.362. The van der Waals surface area contributed by atoms with E-state index >= 15 is 0 Å². The first-order valence-electron chi connectivity index (χ1n) is 5.67. The van der Waals surface area contributed by atoms with Gasteiger partial charge in [0.05, 0.1) is 4.90 Å². The molecule has 2 aromatic carbocycles. The van der Waals surface area contributed by atoms with E-state index in [0.29, 0.717) is 15.7 Å². The number of sulfonamides is 1. The van der Waals surface area contributed by atoms with Crippen LogP contribution in [0, 0.1) is 5.82 Å².